The third-order valence-electron chi connectivity index (χ3n) is 5.96. The summed E-state index contributed by atoms with van der Waals surface area (Å²) in [6.45, 7) is 5.28. The van der Waals surface area contributed by atoms with Gasteiger partial charge in [0.25, 0.3) is 0 Å². The molecule has 0 atom stereocenters. The smallest absolute Gasteiger partial charge is 0.338 e. The highest BCUT2D eigenvalue weighted by atomic mass is 32.2. The van der Waals surface area contributed by atoms with Crippen molar-refractivity contribution in [2.45, 2.75) is 56.1 Å². The van der Waals surface area contributed by atoms with E-state index in [1.54, 1.807) is 44.2 Å². The van der Waals surface area contributed by atoms with E-state index in [4.69, 9.17) is 4.74 Å². The number of amides is 1. The van der Waals surface area contributed by atoms with Crippen molar-refractivity contribution in [2.24, 2.45) is 0 Å². The second kappa shape index (κ2) is 8.22. The minimum atomic E-state index is -3.92. The predicted molar refractivity (Wildman–Crippen MR) is 115 cm³/mol. The van der Waals surface area contributed by atoms with Crippen molar-refractivity contribution in [1.82, 2.24) is 0 Å². The number of hydrogen-bond donors (Lipinski definition) is 1. The molecule has 0 heterocycles. The fraction of sp³-hybridized carbons (Fsp3) is 0.391. The number of carbonyl (C=O) groups excluding carboxylic acids is 2. The molecular formula is C23H27NO5S. The van der Waals surface area contributed by atoms with Crippen LogP contribution in [0.1, 0.15) is 52.7 Å². The third-order valence-corrected chi connectivity index (χ3v) is 8.60. The number of nitrogens with one attached hydrogen (secondary N) is 1. The molecule has 1 N–H and O–H groups in total. The molecule has 0 unspecified atom stereocenters. The van der Waals surface area contributed by atoms with E-state index >= 15 is 0 Å². The van der Waals surface area contributed by atoms with Crippen LogP contribution >= 0.6 is 0 Å². The summed E-state index contributed by atoms with van der Waals surface area (Å²) in [6.07, 6.45) is 1.87. The molecule has 160 valence electrons. The average molecular weight is 430 g/mol. The van der Waals surface area contributed by atoms with Crippen LogP contribution in [0.3, 0.4) is 0 Å². The molecule has 2 aromatic carbocycles. The maximum Gasteiger partial charge on any atom is 0.338 e. The zero-order valence-corrected chi connectivity index (χ0v) is 18.6. The van der Waals surface area contributed by atoms with Crippen molar-refractivity contribution in [3.05, 3.63) is 58.7 Å². The molecule has 0 spiro atoms. The van der Waals surface area contributed by atoms with Crippen LogP contribution in [0.5, 0.6) is 0 Å². The van der Waals surface area contributed by atoms with Gasteiger partial charge >= 0.3 is 5.97 Å². The lowest BCUT2D eigenvalue weighted by Gasteiger charge is -2.29. The molecule has 0 aromatic heterocycles. The van der Waals surface area contributed by atoms with Crippen molar-refractivity contribution in [2.75, 3.05) is 12.4 Å². The Morgan fingerprint density at radius 2 is 1.70 bits per heavy atom. The predicted octanol–water partition coefficient (Wildman–Crippen LogP) is 4.12. The zero-order valence-electron chi connectivity index (χ0n) is 17.7. The van der Waals surface area contributed by atoms with Gasteiger partial charge in [0.05, 0.1) is 17.6 Å². The molecule has 1 saturated carbocycles. The van der Waals surface area contributed by atoms with Crippen LogP contribution in [0.15, 0.2) is 41.3 Å². The molecule has 30 heavy (non-hydrogen) atoms. The molecule has 7 heteroatoms. The van der Waals surface area contributed by atoms with E-state index in [0.717, 1.165) is 5.56 Å². The second-order valence-electron chi connectivity index (χ2n) is 7.90. The molecule has 3 rings (SSSR count). The van der Waals surface area contributed by atoms with Crippen molar-refractivity contribution in [1.29, 1.82) is 0 Å². The van der Waals surface area contributed by atoms with Gasteiger partial charge in [0, 0.05) is 5.69 Å². The van der Waals surface area contributed by atoms with Gasteiger partial charge in [-0.05, 0) is 68.5 Å². The number of aryl methyl sites for hydroxylation is 2. The molecule has 0 aliphatic heterocycles. The Bertz CT molecular complexity index is 1100. The molecule has 0 saturated heterocycles. The van der Waals surface area contributed by atoms with Crippen LogP contribution < -0.4 is 5.32 Å². The minimum absolute atomic E-state index is 0.208. The number of esters is 1. The maximum absolute atomic E-state index is 13.7. The Morgan fingerprint density at radius 1 is 1.03 bits per heavy atom. The number of sulfone groups is 1. The summed E-state index contributed by atoms with van der Waals surface area (Å²) in [7, 11) is -2.63. The largest absolute Gasteiger partial charge is 0.465 e. The van der Waals surface area contributed by atoms with E-state index in [1.165, 1.54) is 7.11 Å². The monoisotopic (exact) mass is 429 g/mol. The first kappa shape index (κ1) is 22.0. The van der Waals surface area contributed by atoms with Crippen LogP contribution in [-0.2, 0) is 19.4 Å². The topological polar surface area (TPSA) is 89.5 Å². The molecule has 0 bridgehead atoms. The normalized spacial score (nSPS) is 15.6. The minimum Gasteiger partial charge on any atom is -0.465 e. The van der Waals surface area contributed by atoms with Crippen molar-refractivity contribution in [3.63, 3.8) is 0 Å². The van der Waals surface area contributed by atoms with E-state index in [9.17, 15) is 18.0 Å². The highest BCUT2D eigenvalue weighted by Gasteiger charge is 2.53. The average Bonchev–Trinajstić information content (AvgIpc) is 3.22. The van der Waals surface area contributed by atoms with Crippen LogP contribution in [0.4, 0.5) is 5.69 Å². The van der Waals surface area contributed by atoms with Gasteiger partial charge in [0.2, 0.25) is 5.91 Å². The number of ether oxygens (including phenoxy) is 1. The molecule has 1 aliphatic rings. The van der Waals surface area contributed by atoms with Gasteiger partial charge in [-0.15, -0.1) is 0 Å². The Kier molecular flexibility index (Phi) is 6.04. The van der Waals surface area contributed by atoms with Gasteiger partial charge in [-0.1, -0.05) is 31.0 Å². The van der Waals surface area contributed by atoms with E-state index in [2.05, 4.69) is 5.32 Å². The quantitative estimate of drug-likeness (QED) is 0.722. The number of benzene rings is 2. The van der Waals surface area contributed by atoms with Gasteiger partial charge in [-0.3, -0.25) is 4.79 Å². The summed E-state index contributed by atoms with van der Waals surface area (Å²) in [4.78, 5) is 25.6. The fourth-order valence-corrected chi connectivity index (χ4v) is 6.48. The molecular weight excluding hydrogens is 402 g/mol. The maximum atomic E-state index is 13.7. The van der Waals surface area contributed by atoms with Crippen LogP contribution in [0.2, 0.25) is 0 Å². The summed E-state index contributed by atoms with van der Waals surface area (Å²) < 4.78 is 30.7. The highest BCUT2D eigenvalue weighted by molar-refractivity contribution is 7.93. The molecule has 1 amide bonds. The first-order valence-electron chi connectivity index (χ1n) is 9.95. The number of anilines is 1. The number of rotatable bonds is 5. The van der Waals surface area contributed by atoms with E-state index in [1.807, 2.05) is 13.0 Å². The molecule has 0 radical (unpaired) electrons. The van der Waals surface area contributed by atoms with Crippen LogP contribution in [-0.4, -0.2) is 32.2 Å². The summed E-state index contributed by atoms with van der Waals surface area (Å²) in [5.74, 6) is -1.06. The molecule has 2 aromatic rings. The molecule has 1 aliphatic carbocycles. The second-order valence-corrected chi connectivity index (χ2v) is 10.1. The number of hydrogen-bond acceptors (Lipinski definition) is 5. The Labute approximate surface area is 177 Å². The van der Waals surface area contributed by atoms with Crippen molar-refractivity contribution < 1.29 is 22.7 Å². The van der Waals surface area contributed by atoms with Gasteiger partial charge in [0.1, 0.15) is 0 Å². The Hall–Kier alpha value is -2.67. The first-order chi connectivity index (χ1) is 14.1. The van der Waals surface area contributed by atoms with E-state index in [-0.39, 0.29) is 17.7 Å². The lowest BCUT2D eigenvalue weighted by atomic mass is 10.0. The van der Waals surface area contributed by atoms with Gasteiger partial charge in [0.15, 0.2) is 14.6 Å². The van der Waals surface area contributed by atoms with Crippen LogP contribution in [0.25, 0.3) is 0 Å². The summed E-state index contributed by atoms with van der Waals surface area (Å²) in [6, 6.07) is 10.2. The van der Waals surface area contributed by atoms with E-state index < -0.39 is 26.5 Å². The lowest BCUT2D eigenvalue weighted by Crippen LogP contribution is -2.47. The van der Waals surface area contributed by atoms with E-state index in [0.29, 0.717) is 35.2 Å². The lowest BCUT2D eigenvalue weighted by molar-refractivity contribution is -0.118. The van der Waals surface area contributed by atoms with Crippen molar-refractivity contribution >= 4 is 27.4 Å². The van der Waals surface area contributed by atoms with Gasteiger partial charge in [-0.2, -0.15) is 0 Å². The van der Waals surface area contributed by atoms with Gasteiger partial charge < -0.3 is 10.1 Å². The fourth-order valence-electron chi connectivity index (χ4n) is 4.11. The van der Waals surface area contributed by atoms with Crippen molar-refractivity contribution in [3.8, 4) is 0 Å². The van der Waals surface area contributed by atoms with Gasteiger partial charge in [-0.25, -0.2) is 13.2 Å². The summed E-state index contributed by atoms with van der Waals surface area (Å²) >= 11 is 0. The summed E-state index contributed by atoms with van der Waals surface area (Å²) in [5, 5.41) is 2.80. The highest BCUT2D eigenvalue weighted by Crippen LogP contribution is 2.42. The Balaban J connectivity index is 2.04. The van der Waals surface area contributed by atoms with Crippen LogP contribution in [0, 0.1) is 20.8 Å². The summed E-state index contributed by atoms with van der Waals surface area (Å²) in [5.41, 5.74) is 2.73. The molecule has 1 fully saturated rings. The number of methoxy groups -OCH3 is 1. The number of carbonyl (C=O) groups is 2. The third kappa shape index (κ3) is 3.62. The zero-order chi connectivity index (χ0) is 22.1. The molecule has 6 nitrogen and oxygen atoms in total. The SMILES string of the molecule is COC(=O)c1cccc(NC(=O)C2(S(=O)(=O)c3cc(C)ccc3C)CCCC2)c1C. The standard InChI is InChI=1S/C23H27NO5S/c1-15-10-11-16(2)20(14-15)30(27,28)23(12-5-6-13-23)22(26)24-19-9-7-8-18(17(19)3)21(25)29-4/h7-11,14H,5-6,12-13H2,1-4H3,(H,24,26). The first-order valence-corrected chi connectivity index (χ1v) is 11.4. The Morgan fingerprint density at radius 3 is 2.33 bits per heavy atom.